The number of nitrogens with one attached hydrogen (secondary N) is 1. The number of rotatable bonds is 6. The first kappa shape index (κ1) is 15.0. The molecule has 0 aromatic carbocycles. The third kappa shape index (κ3) is 3.21. The third-order valence-corrected chi connectivity index (χ3v) is 6.17. The van der Waals surface area contributed by atoms with Crippen LogP contribution in [0.1, 0.15) is 25.0 Å². The fourth-order valence-corrected chi connectivity index (χ4v) is 4.34. The Hall–Kier alpha value is -0.370. The maximum atomic E-state index is 12.5. The van der Waals surface area contributed by atoms with Crippen LogP contribution in [0.5, 0.6) is 0 Å². The van der Waals surface area contributed by atoms with Gasteiger partial charge in [0.15, 0.2) is 4.67 Å². The van der Waals surface area contributed by atoms with Crippen molar-refractivity contribution in [1.82, 2.24) is 9.62 Å². The molecule has 108 valence electrons. The molecule has 1 aliphatic rings. The van der Waals surface area contributed by atoms with E-state index in [1.807, 2.05) is 0 Å². The van der Waals surface area contributed by atoms with Gasteiger partial charge in [-0.2, -0.15) is 0 Å². The first-order valence-corrected chi connectivity index (χ1v) is 8.57. The molecule has 5 nitrogen and oxygen atoms in total. The zero-order chi connectivity index (χ0) is 14.0. The fourth-order valence-electron chi connectivity index (χ4n) is 2.14. The molecular weight excluding hydrogens is 332 g/mol. The van der Waals surface area contributed by atoms with Crippen LogP contribution in [0, 0.1) is 5.92 Å². The van der Waals surface area contributed by atoms with Crippen molar-refractivity contribution in [3.8, 4) is 0 Å². The zero-order valence-electron chi connectivity index (χ0n) is 11.1. The molecule has 1 fully saturated rings. The summed E-state index contributed by atoms with van der Waals surface area (Å²) in [7, 11) is -0.0586. The number of hydrogen-bond donors (Lipinski definition) is 1. The summed E-state index contributed by atoms with van der Waals surface area (Å²) in [5.74, 6) is 1.10. The smallest absolute Gasteiger partial charge is 0.247 e. The minimum Gasteiger partial charge on any atom is -0.452 e. The highest BCUT2D eigenvalue weighted by Crippen LogP contribution is 2.31. The highest BCUT2D eigenvalue weighted by atomic mass is 79.9. The number of nitrogens with zero attached hydrogens (tertiary/aromatic N) is 1. The lowest BCUT2D eigenvalue weighted by atomic mass is 9.86. The van der Waals surface area contributed by atoms with E-state index in [1.54, 1.807) is 20.2 Å². The van der Waals surface area contributed by atoms with Gasteiger partial charge in [-0.15, -0.1) is 0 Å². The Morgan fingerprint density at radius 3 is 2.74 bits per heavy atom. The Morgan fingerprint density at radius 2 is 2.21 bits per heavy atom. The second-order valence-corrected chi connectivity index (χ2v) is 7.70. The number of sulfonamides is 1. The van der Waals surface area contributed by atoms with Crippen molar-refractivity contribution in [2.45, 2.75) is 30.7 Å². The summed E-state index contributed by atoms with van der Waals surface area (Å²) in [5, 5.41) is 2.93. The van der Waals surface area contributed by atoms with E-state index in [4.69, 9.17) is 4.42 Å². The van der Waals surface area contributed by atoms with E-state index in [2.05, 4.69) is 21.2 Å². The summed E-state index contributed by atoms with van der Waals surface area (Å²) in [6.07, 6.45) is 3.45. The lowest BCUT2D eigenvalue weighted by Crippen LogP contribution is -2.34. The highest BCUT2D eigenvalue weighted by Gasteiger charge is 2.30. The van der Waals surface area contributed by atoms with Crippen LogP contribution in [0.2, 0.25) is 0 Å². The molecule has 0 atom stereocenters. The molecule has 0 radical (unpaired) electrons. The molecule has 7 heteroatoms. The molecule has 0 amide bonds. The van der Waals surface area contributed by atoms with Crippen molar-refractivity contribution in [2.24, 2.45) is 5.92 Å². The molecule has 0 aliphatic heterocycles. The van der Waals surface area contributed by atoms with Crippen LogP contribution in [0.3, 0.4) is 0 Å². The zero-order valence-corrected chi connectivity index (χ0v) is 13.6. The first-order chi connectivity index (χ1) is 8.95. The van der Waals surface area contributed by atoms with Gasteiger partial charge < -0.3 is 9.73 Å². The third-order valence-electron chi connectivity index (χ3n) is 3.49. The van der Waals surface area contributed by atoms with Gasteiger partial charge in [0.05, 0.1) is 6.54 Å². The van der Waals surface area contributed by atoms with Gasteiger partial charge in [-0.05, 0) is 41.7 Å². The molecule has 1 N–H and O–H groups in total. The molecule has 1 aromatic rings. The van der Waals surface area contributed by atoms with Gasteiger partial charge in [-0.25, -0.2) is 12.7 Å². The van der Waals surface area contributed by atoms with Crippen LogP contribution in [0.25, 0.3) is 0 Å². The summed E-state index contributed by atoms with van der Waals surface area (Å²) >= 11 is 3.19. The summed E-state index contributed by atoms with van der Waals surface area (Å²) in [6.45, 7) is 1.09. The topological polar surface area (TPSA) is 62.6 Å². The molecule has 1 saturated carbocycles. The van der Waals surface area contributed by atoms with Gasteiger partial charge in [0.25, 0.3) is 0 Å². The molecule has 0 bridgehead atoms. The maximum Gasteiger partial charge on any atom is 0.247 e. The Kier molecular flexibility index (Phi) is 4.70. The van der Waals surface area contributed by atoms with Gasteiger partial charge >= 0.3 is 0 Å². The number of furan rings is 1. The average Bonchev–Trinajstić information content (AvgIpc) is 2.65. The van der Waals surface area contributed by atoms with Crippen molar-refractivity contribution >= 4 is 26.0 Å². The van der Waals surface area contributed by atoms with Crippen molar-refractivity contribution in [3.05, 3.63) is 16.5 Å². The maximum absolute atomic E-state index is 12.5. The molecule has 1 aromatic heterocycles. The van der Waals surface area contributed by atoms with E-state index >= 15 is 0 Å². The Morgan fingerprint density at radius 1 is 1.53 bits per heavy atom. The van der Waals surface area contributed by atoms with Crippen LogP contribution in [-0.4, -0.2) is 33.4 Å². The van der Waals surface area contributed by atoms with Crippen molar-refractivity contribution in [1.29, 1.82) is 0 Å². The first-order valence-electron chi connectivity index (χ1n) is 6.34. The molecule has 0 spiro atoms. The Balaban J connectivity index is 2.17. The van der Waals surface area contributed by atoms with Crippen LogP contribution in [-0.2, 0) is 16.6 Å². The summed E-state index contributed by atoms with van der Waals surface area (Å²) in [5.41, 5.74) is 0. The van der Waals surface area contributed by atoms with Crippen LogP contribution in [0.4, 0.5) is 0 Å². The lowest BCUT2D eigenvalue weighted by molar-refractivity contribution is 0.263. The predicted octanol–water partition coefficient (Wildman–Crippen LogP) is 2.18. The van der Waals surface area contributed by atoms with Crippen LogP contribution >= 0.6 is 15.9 Å². The standard InChI is InChI=1S/C12H19BrN2O3S/c1-14-7-10-6-11(12(13)18-10)19(16,17)15(2)8-9-4-3-5-9/h6,9,14H,3-5,7-8H2,1-2H3. The molecule has 2 rings (SSSR count). The quantitative estimate of drug-likeness (QED) is 0.853. The van der Waals surface area contributed by atoms with E-state index in [0.717, 1.165) is 12.8 Å². The molecular formula is C12H19BrN2O3S. The monoisotopic (exact) mass is 350 g/mol. The van der Waals surface area contributed by atoms with E-state index in [-0.39, 0.29) is 9.56 Å². The van der Waals surface area contributed by atoms with E-state index in [1.165, 1.54) is 10.7 Å². The largest absolute Gasteiger partial charge is 0.452 e. The van der Waals surface area contributed by atoms with E-state index in [9.17, 15) is 8.42 Å². The average molecular weight is 351 g/mol. The second kappa shape index (κ2) is 5.95. The minimum absolute atomic E-state index is 0.208. The Labute approximate surface area is 122 Å². The number of hydrogen-bond acceptors (Lipinski definition) is 4. The van der Waals surface area contributed by atoms with Gasteiger partial charge in [0, 0.05) is 19.7 Å². The van der Waals surface area contributed by atoms with Crippen LogP contribution in [0.15, 0.2) is 20.0 Å². The molecule has 0 unspecified atom stereocenters. The van der Waals surface area contributed by atoms with Crippen molar-refractivity contribution in [3.63, 3.8) is 0 Å². The van der Waals surface area contributed by atoms with Crippen molar-refractivity contribution in [2.75, 3.05) is 20.6 Å². The lowest BCUT2D eigenvalue weighted by Gasteiger charge is -2.29. The fraction of sp³-hybridized carbons (Fsp3) is 0.667. The van der Waals surface area contributed by atoms with Crippen molar-refractivity contribution < 1.29 is 12.8 Å². The predicted molar refractivity (Wildman–Crippen MR) is 76.3 cm³/mol. The SMILES string of the molecule is CNCc1cc(S(=O)(=O)N(C)CC2CCC2)c(Br)o1. The minimum atomic E-state index is -3.47. The van der Waals surface area contributed by atoms with Crippen LogP contribution < -0.4 is 5.32 Å². The Bertz CT molecular complexity index is 537. The molecule has 1 heterocycles. The molecule has 19 heavy (non-hydrogen) atoms. The van der Waals surface area contributed by atoms with Gasteiger partial charge in [-0.1, -0.05) is 6.42 Å². The summed E-state index contributed by atoms with van der Waals surface area (Å²) < 4.78 is 32.0. The highest BCUT2D eigenvalue weighted by molar-refractivity contribution is 9.10. The van der Waals surface area contributed by atoms with E-state index in [0.29, 0.717) is 24.8 Å². The number of halogens is 1. The normalized spacial score (nSPS) is 16.8. The van der Waals surface area contributed by atoms with Gasteiger partial charge in [0.1, 0.15) is 10.7 Å². The van der Waals surface area contributed by atoms with E-state index < -0.39 is 10.0 Å². The van der Waals surface area contributed by atoms with Gasteiger partial charge in [-0.3, -0.25) is 0 Å². The summed E-state index contributed by atoms with van der Waals surface area (Å²) in [4.78, 5) is 0.208. The second-order valence-electron chi connectivity index (χ2n) is 4.96. The molecule has 0 saturated heterocycles. The summed E-state index contributed by atoms with van der Waals surface area (Å²) in [6, 6.07) is 1.58. The molecule has 1 aliphatic carbocycles. The van der Waals surface area contributed by atoms with Gasteiger partial charge in [0.2, 0.25) is 10.0 Å².